The van der Waals surface area contributed by atoms with Crippen LogP contribution in [0.25, 0.3) is 0 Å². The summed E-state index contributed by atoms with van der Waals surface area (Å²) in [7, 11) is 0. The van der Waals surface area contributed by atoms with Crippen molar-refractivity contribution in [1.82, 2.24) is 5.32 Å². The SMILES string of the molecule is O=C(NCc1ccccc1)C1=C(O)CCCC1. The predicted molar refractivity (Wildman–Crippen MR) is 66.4 cm³/mol. The topological polar surface area (TPSA) is 49.3 Å². The highest BCUT2D eigenvalue weighted by Crippen LogP contribution is 2.22. The Morgan fingerprint density at radius 2 is 1.88 bits per heavy atom. The fourth-order valence-electron chi connectivity index (χ4n) is 2.02. The first kappa shape index (κ1) is 11.7. The van der Waals surface area contributed by atoms with Crippen molar-refractivity contribution in [1.29, 1.82) is 0 Å². The van der Waals surface area contributed by atoms with Crippen molar-refractivity contribution < 1.29 is 9.90 Å². The van der Waals surface area contributed by atoms with E-state index < -0.39 is 0 Å². The van der Waals surface area contributed by atoms with Crippen molar-refractivity contribution in [2.24, 2.45) is 0 Å². The first-order valence-electron chi connectivity index (χ1n) is 6.00. The molecule has 1 aliphatic carbocycles. The standard InChI is InChI=1S/C14H17NO2/c16-13-9-5-4-8-12(13)14(17)15-10-11-6-2-1-3-7-11/h1-3,6-7,16H,4-5,8-10H2,(H,15,17). The number of allylic oxidation sites excluding steroid dienone is 1. The van der Waals surface area contributed by atoms with E-state index in [-0.39, 0.29) is 11.7 Å². The smallest absolute Gasteiger partial charge is 0.250 e. The monoisotopic (exact) mass is 231 g/mol. The highest BCUT2D eigenvalue weighted by atomic mass is 16.3. The molecular formula is C14H17NO2. The van der Waals surface area contributed by atoms with Crippen molar-refractivity contribution >= 4 is 5.91 Å². The van der Waals surface area contributed by atoms with Crippen molar-refractivity contribution in [3.63, 3.8) is 0 Å². The molecule has 3 heteroatoms. The molecule has 0 radical (unpaired) electrons. The third-order valence-electron chi connectivity index (χ3n) is 3.01. The molecule has 0 atom stereocenters. The Bertz CT molecular complexity index is 423. The molecule has 1 amide bonds. The van der Waals surface area contributed by atoms with Crippen molar-refractivity contribution in [3.8, 4) is 0 Å². The largest absolute Gasteiger partial charge is 0.512 e. The molecule has 1 aromatic carbocycles. The molecule has 0 aliphatic heterocycles. The Labute approximate surface area is 101 Å². The Morgan fingerprint density at radius 1 is 1.18 bits per heavy atom. The van der Waals surface area contributed by atoms with Crippen molar-refractivity contribution in [2.45, 2.75) is 32.2 Å². The van der Waals surface area contributed by atoms with Gasteiger partial charge in [-0.25, -0.2) is 0 Å². The lowest BCUT2D eigenvalue weighted by Crippen LogP contribution is -2.26. The highest BCUT2D eigenvalue weighted by Gasteiger charge is 2.18. The van der Waals surface area contributed by atoms with Gasteiger partial charge >= 0.3 is 0 Å². The Morgan fingerprint density at radius 3 is 2.59 bits per heavy atom. The number of benzene rings is 1. The summed E-state index contributed by atoms with van der Waals surface area (Å²) in [5, 5.41) is 12.5. The molecule has 1 aromatic rings. The molecule has 0 heterocycles. The number of aliphatic hydroxyl groups is 1. The number of hydrogen-bond acceptors (Lipinski definition) is 2. The quantitative estimate of drug-likeness (QED) is 0.840. The summed E-state index contributed by atoms with van der Waals surface area (Å²) >= 11 is 0. The van der Waals surface area contributed by atoms with E-state index in [1.54, 1.807) is 0 Å². The number of nitrogens with one attached hydrogen (secondary N) is 1. The fourth-order valence-corrected chi connectivity index (χ4v) is 2.02. The maximum Gasteiger partial charge on any atom is 0.250 e. The number of carbonyl (C=O) groups is 1. The highest BCUT2D eigenvalue weighted by molar-refractivity contribution is 5.93. The number of carbonyl (C=O) groups excluding carboxylic acids is 1. The molecule has 0 unspecified atom stereocenters. The van der Waals surface area contributed by atoms with Crippen LogP contribution in [0.3, 0.4) is 0 Å². The second-order valence-corrected chi connectivity index (χ2v) is 4.30. The van der Waals surface area contributed by atoms with Crippen LogP contribution in [0.15, 0.2) is 41.7 Å². The van der Waals surface area contributed by atoms with E-state index in [2.05, 4.69) is 5.32 Å². The van der Waals surface area contributed by atoms with Gasteiger partial charge in [-0.3, -0.25) is 4.79 Å². The predicted octanol–water partition coefficient (Wildman–Crippen LogP) is 2.69. The minimum absolute atomic E-state index is 0.133. The number of rotatable bonds is 3. The van der Waals surface area contributed by atoms with E-state index in [1.807, 2.05) is 30.3 Å². The van der Waals surface area contributed by atoms with Crippen LogP contribution in [-0.2, 0) is 11.3 Å². The number of hydrogen-bond donors (Lipinski definition) is 2. The molecule has 0 fully saturated rings. The maximum absolute atomic E-state index is 11.9. The van der Waals surface area contributed by atoms with Crippen LogP contribution in [0, 0.1) is 0 Å². The first-order valence-corrected chi connectivity index (χ1v) is 6.00. The van der Waals surface area contributed by atoms with Crippen LogP contribution in [0.5, 0.6) is 0 Å². The van der Waals surface area contributed by atoms with Gasteiger partial charge in [0.2, 0.25) is 0 Å². The van der Waals surface area contributed by atoms with Gasteiger partial charge in [-0.05, 0) is 24.8 Å². The van der Waals surface area contributed by atoms with Crippen LogP contribution < -0.4 is 5.32 Å². The van der Waals surface area contributed by atoms with Gasteiger partial charge in [0, 0.05) is 13.0 Å². The van der Waals surface area contributed by atoms with E-state index in [4.69, 9.17) is 0 Å². The average Bonchev–Trinajstić information content (AvgIpc) is 2.38. The van der Waals surface area contributed by atoms with Crippen molar-refractivity contribution in [3.05, 3.63) is 47.2 Å². The molecule has 0 saturated heterocycles. The molecule has 2 rings (SSSR count). The third-order valence-corrected chi connectivity index (χ3v) is 3.01. The molecule has 0 aromatic heterocycles. The van der Waals surface area contributed by atoms with Gasteiger partial charge in [0.15, 0.2) is 0 Å². The second-order valence-electron chi connectivity index (χ2n) is 4.30. The molecular weight excluding hydrogens is 214 g/mol. The van der Waals surface area contributed by atoms with E-state index in [9.17, 15) is 9.90 Å². The van der Waals surface area contributed by atoms with Gasteiger partial charge in [-0.15, -0.1) is 0 Å². The lowest BCUT2D eigenvalue weighted by atomic mass is 9.97. The maximum atomic E-state index is 11.9. The summed E-state index contributed by atoms with van der Waals surface area (Å²) in [6.45, 7) is 0.510. The van der Waals surface area contributed by atoms with Gasteiger partial charge < -0.3 is 10.4 Å². The summed E-state index contributed by atoms with van der Waals surface area (Å²) in [6.07, 6.45) is 3.28. The summed E-state index contributed by atoms with van der Waals surface area (Å²) in [6, 6.07) is 9.77. The molecule has 17 heavy (non-hydrogen) atoms. The van der Waals surface area contributed by atoms with E-state index in [1.165, 1.54) is 0 Å². The number of amides is 1. The zero-order chi connectivity index (χ0) is 12.1. The summed E-state index contributed by atoms with van der Waals surface area (Å²) in [5.74, 6) is 0.132. The molecule has 0 spiro atoms. The first-order chi connectivity index (χ1) is 8.27. The summed E-state index contributed by atoms with van der Waals surface area (Å²) in [5.41, 5.74) is 1.63. The minimum atomic E-state index is -0.133. The molecule has 2 N–H and O–H groups in total. The number of aliphatic hydroxyl groups excluding tert-OH is 1. The Kier molecular flexibility index (Phi) is 3.81. The Hall–Kier alpha value is -1.77. The third kappa shape index (κ3) is 3.09. The average molecular weight is 231 g/mol. The zero-order valence-electron chi connectivity index (χ0n) is 9.78. The Balaban J connectivity index is 1.94. The molecule has 1 aliphatic rings. The molecule has 0 saturated carbocycles. The lowest BCUT2D eigenvalue weighted by Gasteiger charge is -2.15. The van der Waals surface area contributed by atoms with Gasteiger partial charge in [0.05, 0.1) is 5.57 Å². The van der Waals surface area contributed by atoms with Crippen LogP contribution in [0.4, 0.5) is 0 Å². The van der Waals surface area contributed by atoms with E-state index >= 15 is 0 Å². The van der Waals surface area contributed by atoms with Gasteiger partial charge in [-0.1, -0.05) is 30.3 Å². The van der Waals surface area contributed by atoms with Gasteiger partial charge in [-0.2, -0.15) is 0 Å². The van der Waals surface area contributed by atoms with E-state index in [0.29, 0.717) is 25.0 Å². The lowest BCUT2D eigenvalue weighted by molar-refractivity contribution is -0.118. The van der Waals surface area contributed by atoms with E-state index in [0.717, 1.165) is 18.4 Å². The van der Waals surface area contributed by atoms with Crippen molar-refractivity contribution in [2.75, 3.05) is 0 Å². The van der Waals surface area contributed by atoms with Gasteiger partial charge in [0.1, 0.15) is 5.76 Å². The zero-order valence-corrected chi connectivity index (χ0v) is 9.78. The molecule has 3 nitrogen and oxygen atoms in total. The van der Waals surface area contributed by atoms with Crippen LogP contribution in [-0.4, -0.2) is 11.0 Å². The normalized spacial score (nSPS) is 15.8. The fraction of sp³-hybridized carbons (Fsp3) is 0.357. The molecule has 0 bridgehead atoms. The summed E-state index contributed by atoms with van der Waals surface area (Å²) in [4.78, 5) is 11.9. The van der Waals surface area contributed by atoms with Crippen LogP contribution >= 0.6 is 0 Å². The van der Waals surface area contributed by atoms with Crippen LogP contribution in [0.1, 0.15) is 31.2 Å². The van der Waals surface area contributed by atoms with Gasteiger partial charge in [0.25, 0.3) is 5.91 Å². The minimum Gasteiger partial charge on any atom is -0.512 e. The molecule has 90 valence electrons. The summed E-state index contributed by atoms with van der Waals surface area (Å²) < 4.78 is 0. The van der Waals surface area contributed by atoms with Crippen LogP contribution in [0.2, 0.25) is 0 Å². The second kappa shape index (κ2) is 5.53.